The van der Waals surface area contributed by atoms with Gasteiger partial charge in [0.25, 0.3) is 0 Å². The molecule has 0 aliphatic rings. The Labute approximate surface area is 133 Å². The van der Waals surface area contributed by atoms with E-state index >= 15 is 0 Å². The molecule has 2 N–H and O–H groups in total. The number of aliphatic hydroxyl groups is 1. The summed E-state index contributed by atoms with van der Waals surface area (Å²) in [4.78, 5) is -0.192. The summed E-state index contributed by atoms with van der Waals surface area (Å²) in [6.45, 7) is 1.52. The molecule has 0 fully saturated rings. The first-order valence-corrected chi connectivity index (χ1v) is 8.37. The van der Waals surface area contributed by atoms with Crippen molar-refractivity contribution in [2.75, 3.05) is 0 Å². The van der Waals surface area contributed by atoms with Gasteiger partial charge in [0, 0.05) is 11.1 Å². The number of hydrogen-bond acceptors (Lipinski definition) is 3. The second-order valence-corrected chi connectivity index (χ2v) is 7.01. The summed E-state index contributed by atoms with van der Waals surface area (Å²) >= 11 is 5.77. The van der Waals surface area contributed by atoms with Gasteiger partial charge in [-0.05, 0) is 42.8 Å². The molecule has 118 valence electrons. The number of benzene rings is 2. The number of halogens is 2. The molecule has 0 spiro atoms. The number of aliphatic hydroxyl groups excluding tert-OH is 1. The minimum atomic E-state index is -3.92. The molecule has 0 aliphatic carbocycles. The maximum absolute atomic E-state index is 13.1. The van der Waals surface area contributed by atoms with Gasteiger partial charge in [0.05, 0.1) is 11.0 Å². The molecule has 0 bridgehead atoms. The zero-order valence-corrected chi connectivity index (χ0v) is 13.3. The molecule has 0 aromatic heterocycles. The van der Waals surface area contributed by atoms with Crippen LogP contribution in [-0.2, 0) is 10.0 Å². The van der Waals surface area contributed by atoms with Crippen LogP contribution in [0.4, 0.5) is 4.39 Å². The number of nitrogens with one attached hydrogen (secondary N) is 1. The fraction of sp³-hybridized carbons (Fsp3) is 0.200. The largest absolute Gasteiger partial charge is 0.387 e. The number of hydrogen-bond donors (Lipinski definition) is 2. The lowest BCUT2D eigenvalue weighted by atomic mass is 10.0. The SMILES string of the molecule is CC(NS(=O)(=O)c1cccc(F)c1)C(O)c1ccc(Cl)cc1. The highest BCUT2D eigenvalue weighted by Crippen LogP contribution is 2.21. The van der Waals surface area contributed by atoms with Crippen molar-refractivity contribution in [2.24, 2.45) is 0 Å². The average molecular weight is 344 g/mol. The van der Waals surface area contributed by atoms with Crippen LogP contribution in [0, 0.1) is 5.82 Å². The molecule has 0 saturated heterocycles. The van der Waals surface area contributed by atoms with E-state index < -0.39 is 28.0 Å². The minimum absolute atomic E-state index is 0.192. The summed E-state index contributed by atoms with van der Waals surface area (Å²) in [6.07, 6.45) is -1.05. The molecule has 0 amide bonds. The molecule has 2 aromatic rings. The molecule has 2 rings (SSSR count). The summed E-state index contributed by atoms with van der Waals surface area (Å²) in [5.74, 6) is -0.645. The summed E-state index contributed by atoms with van der Waals surface area (Å²) in [5, 5.41) is 10.7. The quantitative estimate of drug-likeness (QED) is 0.877. The lowest BCUT2D eigenvalue weighted by Crippen LogP contribution is -2.37. The lowest BCUT2D eigenvalue weighted by Gasteiger charge is -2.20. The first-order valence-electron chi connectivity index (χ1n) is 6.51. The highest BCUT2D eigenvalue weighted by atomic mass is 35.5. The van der Waals surface area contributed by atoms with E-state index in [9.17, 15) is 17.9 Å². The van der Waals surface area contributed by atoms with Gasteiger partial charge >= 0.3 is 0 Å². The fourth-order valence-corrected chi connectivity index (χ4v) is 3.37. The molecule has 2 atom stereocenters. The van der Waals surface area contributed by atoms with Crippen LogP contribution in [-0.4, -0.2) is 19.6 Å². The van der Waals surface area contributed by atoms with E-state index in [1.54, 1.807) is 24.3 Å². The van der Waals surface area contributed by atoms with Crippen molar-refractivity contribution in [3.8, 4) is 0 Å². The number of rotatable bonds is 5. The van der Waals surface area contributed by atoms with Gasteiger partial charge in [0.2, 0.25) is 10.0 Å². The maximum Gasteiger partial charge on any atom is 0.241 e. The first kappa shape index (κ1) is 16.9. The van der Waals surface area contributed by atoms with Crippen LogP contribution in [0.15, 0.2) is 53.4 Å². The molecule has 2 unspecified atom stereocenters. The van der Waals surface area contributed by atoms with Gasteiger partial charge in [-0.2, -0.15) is 0 Å². The van der Waals surface area contributed by atoms with Crippen LogP contribution in [0.5, 0.6) is 0 Å². The Hall–Kier alpha value is -1.47. The second kappa shape index (κ2) is 6.75. The normalized spacial score (nSPS) is 14.5. The third-order valence-electron chi connectivity index (χ3n) is 3.13. The Kier molecular flexibility index (Phi) is 5.18. The van der Waals surface area contributed by atoms with Crippen LogP contribution in [0.3, 0.4) is 0 Å². The molecule has 0 saturated carbocycles. The Morgan fingerprint density at radius 1 is 1.18 bits per heavy atom. The van der Waals surface area contributed by atoms with Gasteiger partial charge in [-0.3, -0.25) is 0 Å². The molecule has 4 nitrogen and oxygen atoms in total. The van der Waals surface area contributed by atoms with Crippen molar-refractivity contribution < 1.29 is 17.9 Å². The third kappa shape index (κ3) is 4.04. The summed E-state index contributed by atoms with van der Waals surface area (Å²) in [5.41, 5.74) is 0.527. The molecule has 0 aliphatic heterocycles. The second-order valence-electron chi connectivity index (χ2n) is 4.86. The summed E-state index contributed by atoms with van der Waals surface area (Å²) in [6, 6.07) is 10.3. The van der Waals surface area contributed by atoms with E-state index in [1.807, 2.05) is 0 Å². The van der Waals surface area contributed by atoms with Crippen molar-refractivity contribution in [3.05, 3.63) is 64.9 Å². The van der Waals surface area contributed by atoms with Crippen LogP contribution < -0.4 is 4.72 Å². The van der Waals surface area contributed by atoms with Gasteiger partial charge in [0.1, 0.15) is 5.82 Å². The maximum atomic E-state index is 13.1. The summed E-state index contributed by atoms with van der Waals surface area (Å²) < 4.78 is 39.8. The van der Waals surface area contributed by atoms with Gasteiger partial charge in [-0.15, -0.1) is 0 Å². The number of sulfonamides is 1. The highest BCUT2D eigenvalue weighted by molar-refractivity contribution is 7.89. The van der Waals surface area contributed by atoms with E-state index in [2.05, 4.69) is 4.72 Å². The van der Waals surface area contributed by atoms with Gasteiger partial charge in [-0.25, -0.2) is 17.5 Å². The minimum Gasteiger partial charge on any atom is -0.387 e. The molecular weight excluding hydrogens is 329 g/mol. The van der Waals surface area contributed by atoms with Gasteiger partial charge in [0.15, 0.2) is 0 Å². The molecular formula is C15H15ClFNO3S. The third-order valence-corrected chi connectivity index (χ3v) is 4.94. The molecule has 0 radical (unpaired) electrons. The summed E-state index contributed by atoms with van der Waals surface area (Å²) in [7, 11) is -3.92. The lowest BCUT2D eigenvalue weighted by molar-refractivity contribution is 0.146. The standard InChI is InChI=1S/C15H15ClFNO3S/c1-10(15(19)11-5-7-12(16)8-6-11)18-22(20,21)14-4-2-3-13(17)9-14/h2-10,15,18-19H,1H3. The zero-order valence-electron chi connectivity index (χ0n) is 11.7. The molecule has 7 heteroatoms. The van der Waals surface area contributed by atoms with Gasteiger partial charge < -0.3 is 5.11 Å². The predicted molar refractivity (Wildman–Crippen MR) is 82.6 cm³/mol. The van der Waals surface area contributed by atoms with Crippen molar-refractivity contribution in [3.63, 3.8) is 0 Å². The molecule has 22 heavy (non-hydrogen) atoms. The van der Waals surface area contributed by atoms with E-state index in [0.717, 1.165) is 12.1 Å². The van der Waals surface area contributed by atoms with Crippen molar-refractivity contribution in [1.82, 2.24) is 4.72 Å². The Morgan fingerprint density at radius 3 is 2.41 bits per heavy atom. The predicted octanol–water partition coefficient (Wildman–Crippen LogP) is 2.88. The Balaban J connectivity index is 2.16. The Morgan fingerprint density at radius 2 is 1.82 bits per heavy atom. The van der Waals surface area contributed by atoms with E-state index in [0.29, 0.717) is 10.6 Å². The van der Waals surface area contributed by atoms with Crippen molar-refractivity contribution in [2.45, 2.75) is 24.0 Å². The average Bonchev–Trinajstić information content (AvgIpc) is 2.47. The molecule has 0 heterocycles. The van der Waals surface area contributed by atoms with Gasteiger partial charge in [-0.1, -0.05) is 29.8 Å². The topological polar surface area (TPSA) is 66.4 Å². The van der Waals surface area contributed by atoms with Crippen LogP contribution in [0.25, 0.3) is 0 Å². The Bertz CT molecular complexity index is 750. The zero-order chi connectivity index (χ0) is 16.3. The van der Waals surface area contributed by atoms with Crippen molar-refractivity contribution in [1.29, 1.82) is 0 Å². The van der Waals surface area contributed by atoms with Crippen LogP contribution in [0.2, 0.25) is 5.02 Å². The van der Waals surface area contributed by atoms with Crippen molar-refractivity contribution >= 4 is 21.6 Å². The van der Waals surface area contributed by atoms with E-state index in [4.69, 9.17) is 11.6 Å². The highest BCUT2D eigenvalue weighted by Gasteiger charge is 2.23. The fourth-order valence-electron chi connectivity index (χ4n) is 1.96. The van der Waals surface area contributed by atoms with E-state index in [1.165, 1.54) is 19.1 Å². The monoisotopic (exact) mass is 343 g/mol. The molecule has 2 aromatic carbocycles. The van der Waals surface area contributed by atoms with Crippen LogP contribution >= 0.6 is 11.6 Å². The first-order chi connectivity index (χ1) is 10.3. The van der Waals surface area contributed by atoms with Crippen LogP contribution in [0.1, 0.15) is 18.6 Å². The smallest absolute Gasteiger partial charge is 0.241 e. The van der Waals surface area contributed by atoms with E-state index in [-0.39, 0.29) is 4.90 Å².